The van der Waals surface area contributed by atoms with Gasteiger partial charge in [0.05, 0.1) is 12.7 Å². The van der Waals surface area contributed by atoms with Gasteiger partial charge < -0.3 is 19.9 Å². The molecule has 6 heteroatoms. The molecule has 0 amide bonds. The van der Waals surface area contributed by atoms with Crippen LogP contribution in [-0.4, -0.2) is 55.5 Å². The quantitative estimate of drug-likeness (QED) is 0.777. The van der Waals surface area contributed by atoms with Crippen molar-refractivity contribution in [2.24, 2.45) is 5.73 Å². The van der Waals surface area contributed by atoms with Gasteiger partial charge in [-0.15, -0.1) is 0 Å². The maximum absolute atomic E-state index is 11.3. The Morgan fingerprint density at radius 3 is 2.89 bits per heavy atom. The predicted octanol–water partition coefficient (Wildman–Crippen LogP) is 0.948. The second-order valence-corrected chi connectivity index (χ2v) is 6.55. The fourth-order valence-corrected chi connectivity index (χ4v) is 3.98. The highest BCUT2D eigenvalue weighted by molar-refractivity contribution is 8.00. The average molecular weight is 289 g/mol. The number of carbonyl (C=O) groups is 1. The molecule has 5 nitrogen and oxygen atoms in total. The predicted molar refractivity (Wildman–Crippen MR) is 74.2 cm³/mol. The molecule has 110 valence electrons. The summed E-state index contributed by atoms with van der Waals surface area (Å²) in [4.78, 5) is 11.3. The first-order valence-corrected chi connectivity index (χ1v) is 7.87. The normalized spacial score (nSPS) is 28.0. The first kappa shape index (κ1) is 15.1. The molecule has 2 aliphatic heterocycles. The van der Waals surface area contributed by atoms with E-state index in [9.17, 15) is 4.79 Å². The van der Waals surface area contributed by atoms with Crippen LogP contribution < -0.4 is 5.73 Å². The Kier molecular flexibility index (Phi) is 5.50. The maximum atomic E-state index is 11.3. The van der Waals surface area contributed by atoms with Gasteiger partial charge in [-0.3, -0.25) is 4.79 Å². The van der Waals surface area contributed by atoms with E-state index in [0.717, 1.165) is 45.5 Å². The first-order valence-electron chi connectivity index (χ1n) is 6.82. The number of hydrogen-bond acceptors (Lipinski definition) is 6. The fraction of sp³-hybridized carbons (Fsp3) is 0.923. The van der Waals surface area contributed by atoms with E-state index in [0.29, 0.717) is 11.0 Å². The molecule has 2 saturated heterocycles. The smallest absolute Gasteiger partial charge is 0.323 e. The molecule has 2 N–H and O–H groups in total. The molecule has 2 fully saturated rings. The summed E-state index contributed by atoms with van der Waals surface area (Å²) in [5, 5.41) is 0.516. The number of esters is 1. The molecule has 19 heavy (non-hydrogen) atoms. The SMILES string of the molecule is COC(=O)C(N)CSC1CCOC2(CCOCC2)C1. The van der Waals surface area contributed by atoms with Gasteiger partial charge in [0.15, 0.2) is 0 Å². The van der Waals surface area contributed by atoms with E-state index in [4.69, 9.17) is 15.2 Å². The van der Waals surface area contributed by atoms with Gasteiger partial charge in [0.1, 0.15) is 6.04 Å². The van der Waals surface area contributed by atoms with Gasteiger partial charge in [-0.25, -0.2) is 0 Å². The first-order chi connectivity index (χ1) is 9.15. The molecule has 2 unspecified atom stereocenters. The molecule has 2 heterocycles. The van der Waals surface area contributed by atoms with Gasteiger partial charge in [-0.05, 0) is 25.7 Å². The molecule has 0 aromatic carbocycles. The maximum Gasteiger partial charge on any atom is 0.323 e. The lowest BCUT2D eigenvalue weighted by molar-refractivity contribution is -0.141. The van der Waals surface area contributed by atoms with Crippen LogP contribution in [0.25, 0.3) is 0 Å². The van der Waals surface area contributed by atoms with Gasteiger partial charge in [-0.2, -0.15) is 11.8 Å². The molecule has 0 bridgehead atoms. The van der Waals surface area contributed by atoms with Crippen LogP contribution >= 0.6 is 11.8 Å². The van der Waals surface area contributed by atoms with E-state index in [-0.39, 0.29) is 11.6 Å². The summed E-state index contributed by atoms with van der Waals surface area (Å²) in [6, 6.07) is -0.525. The number of methoxy groups -OCH3 is 1. The second kappa shape index (κ2) is 6.92. The number of nitrogens with two attached hydrogens (primary N) is 1. The largest absolute Gasteiger partial charge is 0.468 e. The molecule has 0 aliphatic carbocycles. The Bertz CT molecular complexity index is 302. The highest BCUT2D eigenvalue weighted by Gasteiger charge is 2.39. The average Bonchev–Trinajstić information content (AvgIpc) is 2.45. The summed E-state index contributed by atoms with van der Waals surface area (Å²) in [5.74, 6) is 0.282. The number of rotatable bonds is 4. The van der Waals surface area contributed by atoms with Crippen molar-refractivity contribution < 1.29 is 19.0 Å². The second-order valence-electron chi connectivity index (χ2n) is 5.22. The van der Waals surface area contributed by atoms with Crippen molar-refractivity contribution >= 4 is 17.7 Å². The Hall–Kier alpha value is -0.300. The molecule has 2 rings (SSSR count). The van der Waals surface area contributed by atoms with Gasteiger partial charge >= 0.3 is 5.97 Å². The fourth-order valence-electron chi connectivity index (χ4n) is 2.68. The van der Waals surface area contributed by atoms with E-state index in [2.05, 4.69) is 4.74 Å². The zero-order chi connectivity index (χ0) is 13.7. The number of ether oxygens (including phenoxy) is 3. The van der Waals surface area contributed by atoms with Crippen LogP contribution in [0.2, 0.25) is 0 Å². The minimum absolute atomic E-state index is 0.00350. The molecule has 1 spiro atoms. The Morgan fingerprint density at radius 1 is 1.47 bits per heavy atom. The number of thioether (sulfide) groups is 1. The van der Waals surface area contributed by atoms with Crippen molar-refractivity contribution in [3.8, 4) is 0 Å². The van der Waals surface area contributed by atoms with Crippen molar-refractivity contribution in [2.45, 2.75) is 42.6 Å². The molecule has 2 atom stereocenters. The van der Waals surface area contributed by atoms with Crippen LogP contribution in [0, 0.1) is 0 Å². The molecule has 0 radical (unpaired) electrons. The third-order valence-corrected chi connectivity index (χ3v) is 5.29. The van der Waals surface area contributed by atoms with Gasteiger partial charge in [-0.1, -0.05) is 0 Å². The third kappa shape index (κ3) is 4.08. The lowest BCUT2D eigenvalue weighted by Crippen LogP contribution is -2.45. The highest BCUT2D eigenvalue weighted by atomic mass is 32.2. The zero-order valence-corrected chi connectivity index (χ0v) is 12.2. The van der Waals surface area contributed by atoms with Gasteiger partial charge in [0.25, 0.3) is 0 Å². The van der Waals surface area contributed by atoms with E-state index >= 15 is 0 Å². The highest BCUT2D eigenvalue weighted by Crippen LogP contribution is 2.38. The van der Waals surface area contributed by atoms with Crippen molar-refractivity contribution in [1.29, 1.82) is 0 Å². The summed E-state index contributed by atoms with van der Waals surface area (Å²) in [6.45, 7) is 2.38. The lowest BCUT2D eigenvalue weighted by Gasteiger charge is -2.43. The van der Waals surface area contributed by atoms with E-state index in [1.807, 2.05) is 0 Å². The van der Waals surface area contributed by atoms with Crippen LogP contribution in [0.15, 0.2) is 0 Å². The van der Waals surface area contributed by atoms with E-state index in [1.165, 1.54) is 7.11 Å². The minimum atomic E-state index is -0.525. The summed E-state index contributed by atoms with van der Waals surface area (Å²) >= 11 is 1.77. The Labute approximate surface area is 118 Å². The standard InChI is InChI=1S/C13H23NO4S/c1-16-12(15)11(14)9-19-10-2-5-18-13(8-10)3-6-17-7-4-13/h10-11H,2-9,14H2,1H3. The Balaban J connectivity index is 1.79. The molecular formula is C13H23NO4S. The van der Waals surface area contributed by atoms with Crippen molar-refractivity contribution in [3.63, 3.8) is 0 Å². The molecule has 0 aromatic rings. The van der Waals surface area contributed by atoms with Crippen molar-refractivity contribution in [3.05, 3.63) is 0 Å². The van der Waals surface area contributed by atoms with Crippen LogP contribution in [0.1, 0.15) is 25.7 Å². The number of carbonyl (C=O) groups excluding carboxylic acids is 1. The topological polar surface area (TPSA) is 70.8 Å². The molecule has 2 aliphatic rings. The van der Waals surface area contributed by atoms with Crippen molar-refractivity contribution in [2.75, 3.05) is 32.7 Å². The Morgan fingerprint density at radius 2 is 2.21 bits per heavy atom. The van der Waals surface area contributed by atoms with Gasteiger partial charge in [0.2, 0.25) is 0 Å². The molecule has 0 aromatic heterocycles. The van der Waals surface area contributed by atoms with Crippen molar-refractivity contribution in [1.82, 2.24) is 0 Å². The van der Waals surface area contributed by atoms with E-state index in [1.54, 1.807) is 11.8 Å². The van der Waals surface area contributed by atoms with Crippen LogP contribution in [0.3, 0.4) is 0 Å². The zero-order valence-electron chi connectivity index (χ0n) is 11.4. The van der Waals surface area contributed by atoms with E-state index < -0.39 is 6.04 Å². The van der Waals surface area contributed by atoms with Crippen LogP contribution in [0.5, 0.6) is 0 Å². The summed E-state index contributed by atoms with van der Waals surface area (Å²) < 4.78 is 16.0. The monoisotopic (exact) mass is 289 g/mol. The summed E-state index contributed by atoms with van der Waals surface area (Å²) in [6.07, 6.45) is 4.02. The van der Waals surface area contributed by atoms with Crippen LogP contribution in [-0.2, 0) is 19.0 Å². The van der Waals surface area contributed by atoms with Crippen LogP contribution in [0.4, 0.5) is 0 Å². The minimum Gasteiger partial charge on any atom is -0.468 e. The number of hydrogen-bond donors (Lipinski definition) is 1. The molecular weight excluding hydrogens is 266 g/mol. The third-order valence-electron chi connectivity index (χ3n) is 3.87. The molecule has 0 saturated carbocycles. The van der Waals surface area contributed by atoms with Gasteiger partial charge in [0, 0.05) is 30.8 Å². The summed E-state index contributed by atoms with van der Waals surface area (Å²) in [7, 11) is 1.37. The lowest BCUT2D eigenvalue weighted by atomic mass is 9.86. The summed E-state index contributed by atoms with van der Waals surface area (Å²) in [5.41, 5.74) is 5.77.